The molecule has 0 aliphatic heterocycles. The minimum atomic E-state index is -3.82. The van der Waals surface area contributed by atoms with Crippen molar-refractivity contribution >= 4 is 33.3 Å². The summed E-state index contributed by atoms with van der Waals surface area (Å²) < 4.78 is 26.6. The van der Waals surface area contributed by atoms with Gasteiger partial charge in [0.25, 0.3) is 10.0 Å². The van der Waals surface area contributed by atoms with Crippen molar-refractivity contribution in [3.63, 3.8) is 0 Å². The quantitative estimate of drug-likeness (QED) is 0.889. The minimum Gasteiger partial charge on any atom is -0.357 e. The zero-order chi connectivity index (χ0) is 15.5. The van der Waals surface area contributed by atoms with Gasteiger partial charge in [-0.05, 0) is 18.2 Å². The van der Waals surface area contributed by atoms with Crippen LogP contribution in [0.4, 0.5) is 11.6 Å². The molecule has 0 saturated carbocycles. The summed E-state index contributed by atoms with van der Waals surface area (Å²) in [5.41, 5.74) is 0.512. The summed E-state index contributed by atoms with van der Waals surface area (Å²) in [5, 5.41) is 11.6. The van der Waals surface area contributed by atoms with Gasteiger partial charge in [-0.15, -0.1) is 0 Å². The monoisotopic (exact) mass is 323 g/mol. The molecule has 9 heteroatoms. The van der Waals surface area contributed by atoms with Gasteiger partial charge in [-0.25, -0.2) is 18.4 Å². The van der Waals surface area contributed by atoms with Crippen LogP contribution in [-0.2, 0) is 10.0 Å². The average Bonchev–Trinajstić information content (AvgIpc) is 2.47. The molecule has 0 spiro atoms. The molecule has 108 valence electrons. The maximum Gasteiger partial charge on any atom is 0.264 e. The highest BCUT2D eigenvalue weighted by molar-refractivity contribution is 7.92. The predicted octanol–water partition coefficient (Wildman–Crippen LogP) is 1.84. The summed E-state index contributed by atoms with van der Waals surface area (Å²) in [6, 6.07) is 6.14. The molecular formula is C12H10ClN5O2S. The molecule has 1 heterocycles. The zero-order valence-corrected chi connectivity index (χ0v) is 12.4. The van der Waals surface area contributed by atoms with Gasteiger partial charge >= 0.3 is 0 Å². The SMILES string of the molecule is CNc1ncc(S(=O)(=O)Nc2ccc(C#N)c(Cl)c2)cn1. The van der Waals surface area contributed by atoms with E-state index in [4.69, 9.17) is 16.9 Å². The fraction of sp³-hybridized carbons (Fsp3) is 0.0833. The highest BCUT2D eigenvalue weighted by Crippen LogP contribution is 2.22. The summed E-state index contributed by atoms with van der Waals surface area (Å²) in [7, 11) is -2.19. The van der Waals surface area contributed by atoms with E-state index in [0.29, 0.717) is 5.95 Å². The van der Waals surface area contributed by atoms with Crippen molar-refractivity contribution in [1.29, 1.82) is 5.26 Å². The summed E-state index contributed by atoms with van der Waals surface area (Å²) in [6.45, 7) is 0. The summed E-state index contributed by atoms with van der Waals surface area (Å²) >= 11 is 5.85. The highest BCUT2D eigenvalue weighted by atomic mass is 35.5. The van der Waals surface area contributed by atoms with Gasteiger partial charge in [0.15, 0.2) is 0 Å². The molecule has 1 aromatic heterocycles. The molecule has 2 aromatic rings. The Balaban J connectivity index is 2.28. The molecule has 2 N–H and O–H groups in total. The van der Waals surface area contributed by atoms with Crippen LogP contribution in [0.1, 0.15) is 5.56 Å². The molecule has 1 aromatic carbocycles. The van der Waals surface area contributed by atoms with Crippen LogP contribution >= 0.6 is 11.6 Å². The molecule has 0 atom stereocenters. The molecule has 0 radical (unpaired) electrons. The number of anilines is 2. The maximum atomic E-state index is 12.1. The summed E-state index contributed by atoms with van der Waals surface area (Å²) in [4.78, 5) is 7.60. The Hall–Kier alpha value is -2.37. The molecule has 0 fully saturated rings. The van der Waals surface area contributed by atoms with E-state index in [1.165, 1.54) is 30.6 Å². The van der Waals surface area contributed by atoms with Crippen molar-refractivity contribution in [3.8, 4) is 6.07 Å². The van der Waals surface area contributed by atoms with Gasteiger partial charge in [-0.2, -0.15) is 5.26 Å². The van der Waals surface area contributed by atoms with E-state index in [0.717, 1.165) is 0 Å². The topological polar surface area (TPSA) is 108 Å². The number of nitrogens with one attached hydrogen (secondary N) is 2. The number of benzene rings is 1. The van der Waals surface area contributed by atoms with Crippen molar-refractivity contribution < 1.29 is 8.42 Å². The molecule has 2 rings (SSSR count). The molecule has 21 heavy (non-hydrogen) atoms. The largest absolute Gasteiger partial charge is 0.357 e. The molecule has 7 nitrogen and oxygen atoms in total. The van der Waals surface area contributed by atoms with E-state index in [1.807, 2.05) is 6.07 Å². The highest BCUT2D eigenvalue weighted by Gasteiger charge is 2.16. The van der Waals surface area contributed by atoms with Crippen molar-refractivity contribution in [2.75, 3.05) is 17.1 Å². The van der Waals surface area contributed by atoms with Crippen LogP contribution in [0.2, 0.25) is 5.02 Å². The van der Waals surface area contributed by atoms with Gasteiger partial charge < -0.3 is 5.32 Å². The first-order valence-electron chi connectivity index (χ1n) is 5.68. The second kappa shape index (κ2) is 5.95. The molecule has 0 saturated heterocycles. The third-order valence-electron chi connectivity index (χ3n) is 2.50. The molecule has 0 aliphatic carbocycles. The lowest BCUT2D eigenvalue weighted by Gasteiger charge is -2.08. The van der Waals surface area contributed by atoms with Crippen LogP contribution < -0.4 is 10.0 Å². The van der Waals surface area contributed by atoms with E-state index in [2.05, 4.69) is 20.0 Å². The lowest BCUT2D eigenvalue weighted by atomic mass is 10.2. The normalized spacial score (nSPS) is 10.7. The van der Waals surface area contributed by atoms with Crippen molar-refractivity contribution in [1.82, 2.24) is 9.97 Å². The smallest absolute Gasteiger partial charge is 0.264 e. The van der Waals surface area contributed by atoms with Gasteiger partial charge in [0.2, 0.25) is 5.95 Å². The van der Waals surface area contributed by atoms with Crippen molar-refractivity contribution in [2.24, 2.45) is 0 Å². The maximum absolute atomic E-state index is 12.1. The van der Waals surface area contributed by atoms with E-state index >= 15 is 0 Å². The van der Waals surface area contributed by atoms with Crippen LogP contribution in [0.3, 0.4) is 0 Å². The minimum absolute atomic E-state index is 0.0815. The van der Waals surface area contributed by atoms with Crippen LogP contribution in [0, 0.1) is 11.3 Å². The number of rotatable bonds is 4. The lowest BCUT2D eigenvalue weighted by Crippen LogP contribution is -2.14. The Morgan fingerprint density at radius 1 is 1.29 bits per heavy atom. The number of hydrogen-bond acceptors (Lipinski definition) is 6. The second-order valence-corrected chi connectivity index (χ2v) is 5.99. The standard InChI is InChI=1S/C12H10ClN5O2S/c1-15-12-16-6-10(7-17-12)21(19,20)18-9-3-2-8(5-14)11(13)4-9/h2-4,6-7,18H,1H3,(H,15,16,17). The van der Waals surface area contributed by atoms with Crippen LogP contribution in [0.5, 0.6) is 0 Å². The predicted molar refractivity (Wildman–Crippen MR) is 78.6 cm³/mol. The number of halogens is 1. The molecule has 0 amide bonds. The van der Waals surface area contributed by atoms with Crippen LogP contribution in [0.25, 0.3) is 0 Å². The number of sulfonamides is 1. The summed E-state index contributed by atoms with van der Waals surface area (Å²) in [5.74, 6) is 0.315. The third kappa shape index (κ3) is 3.39. The van der Waals surface area contributed by atoms with Crippen LogP contribution in [-0.4, -0.2) is 25.4 Å². The first-order valence-corrected chi connectivity index (χ1v) is 7.54. The second-order valence-electron chi connectivity index (χ2n) is 3.90. The number of hydrogen-bond donors (Lipinski definition) is 2. The third-order valence-corrected chi connectivity index (χ3v) is 4.15. The van der Waals surface area contributed by atoms with E-state index < -0.39 is 10.0 Å². The van der Waals surface area contributed by atoms with Gasteiger partial charge in [0.05, 0.1) is 28.7 Å². The Labute approximate surface area is 126 Å². The van der Waals surface area contributed by atoms with Crippen LogP contribution in [0.15, 0.2) is 35.5 Å². The Morgan fingerprint density at radius 2 is 1.95 bits per heavy atom. The van der Waals surface area contributed by atoms with Gasteiger partial charge in [-0.1, -0.05) is 11.6 Å². The van der Waals surface area contributed by atoms with Gasteiger partial charge in [0, 0.05) is 7.05 Å². The molecular weight excluding hydrogens is 314 g/mol. The molecule has 0 bridgehead atoms. The van der Waals surface area contributed by atoms with Crippen molar-refractivity contribution in [2.45, 2.75) is 4.90 Å². The number of nitriles is 1. The van der Waals surface area contributed by atoms with Gasteiger partial charge in [-0.3, -0.25) is 4.72 Å². The first kappa shape index (κ1) is 15.0. The summed E-state index contributed by atoms with van der Waals surface area (Å²) in [6.07, 6.45) is 2.37. The fourth-order valence-electron chi connectivity index (χ4n) is 1.47. The Morgan fingerprint density at radius 3 is 2.48 bits per heavy atom. The fourth-order valence-corrected chi connectivity index (χ4v) is 2.63. The van der Waals surface area contributed by atoms with E-state index in [9.17, 15) is 8.42 Å². The van der Waals surface area contributed by atoms with Gasteiger partial charge in [0.1, 0.15) is 11.0 Å². The zero-order valence-electron chi connectivity index (χ0n) is 10.8. The number of nitrogens with zero attached hydrogens (tertiary/aromatic N) is 3. The lowest BCUT2D eigenvalue weighted by molar-refractivity contribution is 0.600. The molecule has 0 unspecified atom stereocenters. The van der Waals surface area contributed by atoms with Crippen molar-refractivity contribution in [3.05, 3.63) is 41.2 Å². The first-order chi connectivity index (χ1) is 9.96. The number of aromatic nitrogens is 2. The molecule has 0 aliphatic rings. The van der Waals surface area contributed by atoms with E-state index in [-0.39, 0.29) is 21.2 Å². The Kier molecular flexibility index (Phi) is 4.26. The Bertz CT molecular complexity index is 799. The van der Waals surface area contributed by atoms with E-state index in [1.54, 1.807) is 7.05 Å². The average molecular weight is 324 g/mol.